The maximum absolute atomic E-state index is 14.7. The van der Waals surface area contributed by atoms with Crippen molar-refractivity contribution in [3.63, 3.8) is 0 Å². The number of rotatable bonds is 6. The number of benzene rings is 3. The number of allylic oxidation sites excluding steroid dienone is 4. The SMILES string of the molecule is CC1=C(C)C(C)(C)[C]([Ti]([CH3])([CH3])[O]C(=O)C(c2ccccc2)(c2ccccc2)c2ccccc2)=C1C. The monoisotopic (exact) mass is 500 g/mol. The van der Waals surface area contributed by atoms with Crippen molar-refractivity contribution in [3.8, 4) is 0 Å². The van der Waals surface area contributed by atoms with Crippen LogP contribution in [0, 0.1) is 5.41 Å². The van der Waals surface area contributed by atoms with Gasteiger partial charge in [-0.25, -0.2) is 0 Å². The normalized spacial score (nSPS) is 16.0. The van der Waals surface area contributed by atoms with E-state index in [1.54, 1.807) is 0 Å². The van der Waals surface area contributed by atoms with E-state index in [1.165, 1.54) is 20.6 Å². The molecule has 4 rings (SSSR count). The average Bonchev–Trinajstić information content (AvgIpc) is 3.00. The third kappa shape index (κ3) is 4.17. The quantitative estimate of drug-likeness (QED) is 0.251. The zero-order valence-corrected chi connectivity index (χ0v) is 23.5. The van der Waals surface area contributed by atoms with Gasteiger partial charge >= 0.3 is 215 Å². The van der Waals surface area contributed by atoms with Gasteiger partial charge in [0, 0.05) is 0 Å². The first-order valence-electron chi connectivity index (χ1n) is 12.3. The Bertz CT molecular complexity index is 1190. The Hall–Kier alpha value is -2.68. The number of hydrogen-bond acceptors (Lipinski definition) is 2. The Morgan fingerprint density at radius 1 is 0.686 bits per heavy atom. The fraction of sp³-hybridized carbons (Fsp3) is 0.281. The molecule has 0 radical (unpaired) electrons. The summed E-state index contributed by atoms with van der Waals surface area (Å²) in [6.07, 6.45) is 0. The Morgan fingerprint density at radius 2 is 1.06 bits per heavy atom. The summed E-state index contributed by atoms with van der Waals surface area (Å²) in [5.41, 5.74) is 5.61. The van der Waals surface area contributed by atoms with E-state index in [4.69, 9.17) is 3.32 Å². The van der Waals surface area contributed by atoms with E-state index in [1.807, 2.05) is 91.0 Å². The van der Waals surface area contributed by atoms with Gasteiger partial charge in [0.2, 0.25) is 0 Å². The summed E-state index contributed by atoms with van der Waals surface area (Å²) in [5.74, 6) is -0.190. The van der Waals surface area contributed by atoms with Crippen LogP contribution in [0.5, 0.6) is 0 Å². The first-order valence-corrected chi connectivity index (χ1v) is 16.9. The van der Waals surface area contributed by atoms with Crippen LogP contribution in [-0.4, -0.2) is 5.97 Å². The molecule has 0 amide bonds. The van der Waals surface area contributed by atoms with E-state index in [0.717, 1.165) is 16.7 Å². The molecule has 0 fully saturated rings. The predicted molar refractivity (Wildman–Crippen MR) is 142 cm³/mol. The van der Waals surface area contributed by atoms with E-state index < -0.39 is 22.4 Å². The molecule has 0 heterocycles. The molecular formula is C32H36O2Ti. The summed E-state index contributed by atoms with van der Waals surface area (Å²) in [7, 11) is 0. The van der Waals surface area contributed by atoms with Gasteiger partial charge in [0.05, 0.1) is 0 Å². The van der Waals surface area contributed by atoms with Gasteiger partial charge in [0.25, 0.3) is 0 Å². The number of carbonyl (C=O) groups is 1. The van der Waals surface area contributed by atoms with Crippen molar-refractivity contribution in [2.45, 2.75) is 50.5 Å². The molecule has 0 saturated heterocycles. The molecule has 35 heavy (non-hydrogen) atoms. The van der Waals surface area contributed by atoms with Crippen LogP contribution in [0.1, 0.15) is 51.3 Å². The molecule has 0 unspecified atom stereocenters. The topological polar surface area (TPSA) is 26.3 Å². The first kappa shape index (κ1) is 25.4. The van der Waals surface area contributed by atoms with Crippen molar-refractivity contribution in [1.29, 1.82) is 0 Å². The Labute approximate surface area is 214 Å². The van der Waals surface area contributed by atoms with Crippen LogP contribution in [0.25, 0.3) is 0 Å². The molecule has 0 spiro atoms. The third-order valence-electron chi connectivity index (χ3n) is 7.94. The van der Waals surface area contributed by atoms with Crippen LogP contribution < -0.4 is 0 Å². The van der Waals surface area contributed by atoms with E-state index in [2.05, 4.69) is 45.1 Å². The minimum absolute atomic E-state index is 0.104. The van der Waals surface area contributed by atoms with E-state index in [-0.39, 0.29) is 11.4 Å². The second-order valence-corrected chi connectivity index (χ2v) is 16.4. The molecule has 3 aromatic carbocycles. The minimum atomic E-state index is -3.28. The molecule has 0 N–H and O–H groups in total. The average molecular weight is 501 g/mol. The summed E-state index contributed by atoms with van der Waals surface area (Å²) in [4.78, 5) is 14.7. The van der Waals surface area contributed by atoms with Gasteiger partial charge in [-0.15, -0.1) is 0 Å². The van der Waals surface area contributed by atoms with Gasteiger partial charge in [0.15, 0.2) is 0 Å². The molecule has 0 aromatic heterocycles. The molecule has 2 nitrogen and oxygen atoms in total. The zero-order valence-electron chi connectivity index (χ0n) is 22.0. The molecule has 3 aromatic rings. The van der Waals surface area contributed by atoms with Gasteiger partial charge in [0.1, 0.15) is 0 Å². The summed E-state index contributed by atoms with van der Waals surface area (Å²) in [5, 5.41) is 4.44. The summed E-state index contributed by atoms with van der Waals surface area (Å²) < 4.78 is 8.17. The van der Waals surface area contributed by atoms with Gasteiger partial charge in [-0.3, -0.25) is 0 Å². The molecule has 0 aliphatic heterocycles. The van der Waals surface area contributed by atoms with Crippen molar-refractivity contribution in [2.24, 2.45) is 5.41 Å². The molecule has 3 heteroatoms. The Kier molecular flexibility index (Phi) is 6.83. The van der Waals surface area contributed by atoms with Crippen LogP contribution in [0.3, 0.4) is 0 Å². The molecule has 1 aliphatic rings. The molecule has 1 aliphatic carbocycles. The summed E-state index contributed by atoms with van der Waals surface area (Å²) >= 11 is -3.28. The van der Waals surface area contributed by atoms with E-state index >= 15 is 0 Å². The number of carbonyl (C=O) groups excluding carboxylic acids is 1. The van der Waals surface area contributed by atoms with Crippen LogP contribution in [0.4, 0.5) is 0 Å². The Morgan fingerprint density at radius 3 is 1.37 bits per heavy atom. The molecule has 0 bridgehead atoms. The van der Waals surface area contributed by atoms with Crippen LogP contribution in [-0.2, 0) is 30.5 Å². The zero-order chi connectivity index (χ0) is 25.4. The van der Waals surface area contributed by atoms with Gasteiger partial charge in [-0.1, -0.05) is 0 Å². The molecule has 0 saturated carbocycles. The molecule has 0 atom stereocenters. The summed E-state index contributed by atoms with van der Waals surface area (Å²) in [6, 6.07) is 30.2. The number of hydrogen-bond donors (Lipinski definition) is 0. The molecule has 180 valence electrons. The van der Waals surface area contributed by atoms with Crippen molar-refractivity contribution >= 4 is 5.97 Å². The van der Waals surface area contributed by atoms with Crippen molar-refractivity contribution in [2.75, 3.05) is 0 Å². The van der Waals surface area contributed by atoms with E-state index in [0.29, 0.717) is 0 Å². The van der Waals surface area contributed by atoms with Crippen molar-refractivity contribution in [1.82, 2.24) is 0 Å². The fourth-order valence-corrected chi connectivity index (χ4v) is 11.5. The van der Waals surface area contributed by atoms with Crippen LogP contribution in [0.2, 0.25) is 10.5 Å². The van der Waals surface area contributed by atoms with Crippen LogP contribution in [0.15, 0.2) is 112 Å². The van der Waals surface area contributed by atoms with Gasteiger partial charge in [-0.2, -0.15) is 0 Å². The molecular weight excluding hydrogens is 464 g/mol. The van der Waals surface area contributed by atoms with Gasteiger partial charge in [-0.05, 0) is 0 Å². The predicted octanol–water partition coefficient (Wildman–Crippen LogP) is 8.38. The summed E-state index contributed by atoms with van der Waals surface area (Å²) in [6.45, 7) is 11.2. The van der Waals surface area contributed by atoms with Crippen LogP contribution >= 0.6 is 0 Å². The standard InChI is InChI=1S/C20H16O2.C10H15.2CH3.Ti/c21-19(22)20(16-10-4-1-5-11-16,17-12-6-2-7-13-17)18-14-8-3-9-15-18;1-7-6-10(4,5)9(3)8(7)2;;;/h1-15H,(H,21,22);1-5H3;2*1H3;/q;;;;+1/p-1. The van der Waals surface area contributed by atoms with E-state index in [9.17, 15) is 4.79 Å². The second kappa shape index (κ2) is 9.41. The van der Waals surface area contributed by atoms with Gasteiger partial charge < -0.3 is 0 Å². The maximum atomic E-state index is 14.7. The second-order valence-electron chi connectivity index (χ2n) is 10.6. The first-order chi connectivity index (χ1) is 16.5. The fourth-order valence-electron chi connectivity index (χ4n) is 6.08. The Balaban J connectivity index is 1.93. The third-order valence-corrected chi connectivity index (χ3v) is 12.5. The van der Waals surface area contributed by atoms with Crippen molar-refractivity contribution in [3.05, 3.63) is 128 Å². The van der Waals surface area contributed by atoms with Crippen molar-refractivity contribution < 1.29 is 25.1 Å².